The molecule has 2 N–H and O–H groups in total. The fourth-order valence-corrected chi connectivity index (χ4v) is 3.05. The zero-order chi connectivity index (χ0) is 22.2. The van der Waals surface area contributed by atoms with Gasteiger partial charge in [0.2, 0.25) is 5.91 Å². The highest BCUT2D eigenvalue weighted by molar-refractivity contribution is 5.95. The van der Waals surface area contributed by atoms with Crippen molar-refractivity contribution in [2.24, 2.45) is 0 Å². The Kier molecular flexibility index (Phi) is 7.60. The molecule has 0 aromatic heterocycles. The molecule has 6 heteroatoms. The van der Waals surface area contributed by atoms with Gasteiger partial charge in [0.1, 0.15) is 0 Å². The van der Waals surface area contributed by atoms with E-state index in [4.69, 9.17) is 4.74 Å². The van der Waals surface area contributed by atoms with E-state index >= 15 is 0 Å². The van der Waals surface area contributed by atoms with Crippen LogP contribution in [-0.2, 0) is 14.3 Å². The average molecular weight is 421 g/mol. The van der Waals surface area contributed by atoms with Crippen molar-refractivity contribution in [3.63, 3.8) is 0 Å². The summed E-state index contributed by atoms with van der Waals surface area (Å²) in [5.41, 5.74) is 2.23. The molecular weight excluding hydrogens is 392 g/mol. The summed E-state index contributed by atoms with van der Waals surface area (Å²) in [6.07, 6.45) is 5.01. The minimum atomic E-state index is -0.488. The number of ether oxygens (including phenoxy) is 1. The van der Waals surface area contributed by atoms with Gasteiger partial charge < -0.3 is 15.4 Å². The summed E-state index contributed by atoms with van der Waals surface area (Å²) in [6, 6.07) is 16.2. The largest absolute Gasteiger partial charge is 0.463 e. The lowest BCUT2D eigenvalue weighted by atomic mass is 10.0. The number of hydrogen-bond donors (Lipinski definition) is 2. The van der Waals surface area contributed by atoms with Crippen LogP contribution in [0.4, 0.5) is 0 Å². The summed E-state index contributed by atoms with van der Waals surface area (Å²) < 4.78 is 5.23. The molecule has 162 valence electrons. The molecule has 1 atom stereocenters. The minimum Gasteiger partial charge on any atom is -0.463 e. The maximum Gasteiger partial charge on any atom is 0.308 e. The fourth-order valence-electron chi connectivity index (χ4n) is 3.05. The van der Waals surface area contributed by atoms with Crippen molar-refractivity contribution in [2.45, 2.75) is 51.3 Å². The monoisotopic (exact) mass is 420 g/mol. The Morgan fingerprint density at radius 3 is 2.32 bits per heavy atom. The quantitative estimate of drug-likeness (QED) is 0.477. The molecule has 2 amide bonds. The molecule has 3 rings (SSSR count). The first-order valence-electron chi connectivity index (χ1n) is 10.5. The van der Waals surface area contributed by atoms with Gasteiger partial charge in [0.15, 0.2) is 0 Å². The van der Waals surface area contributed by atoms with Crippen LogP contribution >= 0.6 is 0 Å². The maximum absolute atomic E-state index is 12.5. The van der Waals surface area contributed by atoms with Crippen LogP contribution in [0.5, 0.6) is 0 Å². The molecule has 0 spiro atoms. The summed E-state index contributed by atoms with van der Waals surface area (Å²) >= 11 is 0. The predicted molar refractivity (Wildman–Crippen MR) is 119 cm³/mol. The third-order valence-corrected chi connectivity index (χ3v) is 4.77. The summed E-state index contributed by atoms with van der Waals surface area (Å²) in [6.45, 7) is 3.58. The SMILES string of the molecule is CC(C)OC(=O)CC(NC(=O)/C=C/c1ccc(C(=O)NC2CC2)cc1)c1ccccc1. The van der Waals surface area contributed by atoms with Crippen molar-refractivity contribution in [1.29, 1.82) is 0 Å². The molecule has 1 saturated carbocycles. The first kappa shape index (κ1) is 22.3. The van der Waals surface area contributed by atoms with Crippen LogP contribution in [0.3, 0.4) is 0 Å². The van der Waals surface area contributed by atoms with Crippen LogP contribution in [0.1, 0.15) is 60.6 Å². The highest BCUT2D eigenvalue weighted by Gasteiger charge is 2.23. The average Bonchev–Trinajstić information content (AvgIpc) is 3.56. The molecule has 1 aliphatic carbocycles. The van der Waals surface area contributed by atoms with E-state index in [2.05, 4.69) is 10.6 Å². The van der Waals surface area contributed by atoms with E-state index in [9.17, 15) is 14.4 Å². The standard InChI is InChI=1S/C25H28N2O4/c1-17(2)31-24(29)16-22(19-6-4-3-5-7-19)27-23(28)15-10-18-8-11-20(12-9-18)25(30)26-21-13-14-21/h3-12,15,17,21-22H,13-14,16H2,1-2H3,(H,26,30)(H,27,28)/b15-10+. The summed E-state index contributed by atoms with van der Waals surface area (Å²) in [5, 5.41) is 5.82. The molecule has 6 nitrogen and oxygen atoms in total. The number of carbonyl (C=O) groups excluding carboxylic acids is 3. The van der Waals surface area contributed by atoms with Crippen LogP contribution in [0, 0.1) is 0 Å². The number of carbonyl (C=O) groups is 3. The summed E-state index contributed by atoms with van der Waals surface area (Å²) in [5.74, 6) is -0.760. The smallest absolute Gasteiger partial charge is 0.308 e. The van der Waals surface area contributed by atoms with Crippen molar-refractivity contribution in [3.05, 3.63) is 77.4 Å². The zero-order valence-electron chi connectivity index (χ0n) is 17.8. The third kappa shape index (κ3) is 7.41. The molecule has 0 heterocycles. The van der Waals surface area contributed by atoms with Crippen molar-refractivity contribution < 1.29 is 19.1 Å². The van der Waals surface area contributed by atoms with Gasteiger partial charge in [-0.1, -0.05) is 42.5 Å². The molecule has 1 unspecified atom stereocenters. The summed E-state index contributed by atoms with van der Waals surface area (Å²) in [4.78, 5) is 36.7. The van der Waals surface area contributed by atoms with E-state index < -0.39 is 6.04 Å². The van der Waals surface area contributed by atoms with E-state index in [1.165, 1.54) is 6.08 Å². The highest BCUT2D eigenvalue weighted by atomic mass is 16.5. The molecule has 0 aliphatic heterocycles. The number of benzene rings is 2. The number of amides is 2. The molecule has 0 radical (unpaired) electrons. The van der Waals surface area contributed by atoms with Crippen molar-refractivity contribution >= 4 is 23.9 Å². The Labute approximate surface area is 182 Å². The normalized spacial score (nSPS) is 14.3. The van der Waals surface area contributed by atoms with Crippen molar-refractivity contribution in [1.82, 2.24) is 10.6 Å². The summed E-state index contributed by atoms with van der Waals surface area (Å²) in [7, 11) is 0. The molecule has 31 heavy (non-hydrogen) atoms. The van der Waals surface area contributed by atoms with Gasteiger partial charge in [-0.2, -0.15) is 0 Å². The zero-order valence-corrected chi connectivity index (χ0v) is 17.8. The molecule has 1 aliphatic rings. The number of hydrogen-bond acceptors (Lipinski definition) is 4. The van der Waals surface area contributed by atoms with Gasteiger partial charge in [-0.3, -0.25) is 14.4 Å². The lowest BCUT2D eigenvalue weighted by molar-refractivity contribution is -0.148. The van der Waals surface area contributed by atoms with Crippen LogP contribution in [0.15, 0.2) is 60.7 Å². The Hall–Kier alpha value is -3.41. The first-order chi connectivity index (χ1) is 14.9. The third-order valence-electron chi connectivity index (χ3n) is 4.77. The Bertz CT molecular complexity index is 932. The lowest BCUT2D eigenvalue weighted by Crippen LogP contribution is -2.29. The Morgan fingerprint density at radius 1 is 1.03 bits per heavy atom. The van der Waals surface area contributed by atoms with Gasteiger partial charge in [-0.05, 0) is 56.0 Å². The lowest BCUT2D eigenvalue weighted by Gasteiger charge is -2.18. The van der Waals surface area contributed by atoms with Gasteiger partial charge in [0.25, 0.3) is 5.91 Å². The van der Waals surface area contributed by atoms with E-state index in [0.717, 1.165) is 24.0 Å². The van der Waals surface area contributed by atoms with Crippen LogP contribution < -0.4 is 10.6 Å². The van der Waals surface area contributed by atoms with Crippen LogP contribution in [0.2, 0.25) is 0 Å². The van der Waals surface area contributed by atoms with Gasteiger partial charge in [0, 0.05) is 17.7 Å². The van der Waals surface area contributed by atoms with E-state index in [1.807, 2.05) is 30.3 Å². The Balaban J connectivity index is 1.60. The second-order valence-corrected chi connectivity index (χ2v) is 7.92. The minimum absolute atomic E-state index is 0.0482. The predicted octanol–water partition coefficient (Wildman–Crippen LogP) is 3.79. The van der Waals surface area contributed by atoms with E-state index in [1.54, 1.807) is 44.2 Å². The molecule has 0 saturated heterocycles. The van der Waals surface area contributed by atoms with Gasteiger partial charge in [-0.25, -0.2) is 0 Å². The second-order valence-electron chi connectivity index (χ2n) is 7.92. The van der Waals surface area contributed by atoms with E-state index in [-0.39, 0.29) is 30.3 Å². The van der Waals surface area contributed by atoms with Crippen LogP contribution in [-0.4, -0.2) is 29.9 Å². The molecule has 0 bridgehead atoms. The number of esters is 1. The van der Waals surface area contributed by atoms with Crippen molar-refractivity contribution in [3.8, 4) is 0 Å². The van der Waals surface area contributed by atoms with Crippen molar-refractivity contribution in [2.75, 3.05) is 0 Å². The maximum atomic E-state index is 12.5. The first-order valence-corrected chi connectivity index (χ1v) is 10.5. The number of rotatable bonds is 9. The topological polar surface area (TPSA) is 84.5 Å². The van der Waals surface area contributed by atoms with Gasteiger partial charge in [-0.15, -0.1) is 0 Å². The molecule has 2 aromatic carbocycles. The Morgan fingerprint density at radius 2 is 1.71 bits per heavy atom. The number of nitrogens with one attached hydrogen (secondary N) is 2. The van der Waals surface area contributed by atoms with Gasteiger partial charge >= 0.3 is 5.97 Å². The second kappa shape index (κ2) is 10.6. The molecule has 2 aromatic rings. The molecular formula is C25H28N2O4. The van der Waals surface area contributed by atoms with Gasteiger partial charge in [0.05, 0.1) is 18.6 Å². The molecule has 1 fully saturated rings. The highest BCUT2D eigenvalue weighted by Crippen LogP contribution is 2.20. The van der Waals surface area contributed by atoms with Crippen LogP contribution in [0.25, 0.3) is 6.08 Å². The fraction of sp³-hybridized carbons (Fsp3) is 0.320. The van der Waals surface area contributed by atoms with E-state index in [0.29, 0.717) is 11.6 Å².